The molecule has 0 bridgehead atoms. The second kappa shape index (κ2) is 7.94. The highest BCUT2D eigenvalue weighted by Gasteiger charge is 2.15. The predicted octanol–water partition coefficient (Wildman–Crippen LogP) is 2.50. The molecule has 1 aliphatic carbocycles. The molecule has 3 N–H and O–H groups in total. The van der Waals surface area contributed by atoms with E-state index in [9.17, 15) is 0 Å². The standard InChI is InChI=1S/C20H25N5O2/c1-25-19-15(13-23-25)12-22-20-17(19)11-18(24-20)14-3-5-16(6-4-14)27-10-2-7-21-8-9-26/h3,5,11-13,21,23,26H,2,4,6-10H2,1H3. The van der Waals surface area contributed by atoms with Gasteiger partial charge in [-0.2, -0.15) is 0 Å². The number of aromatic amines is 1. The molecular weight excluding hydrogens is 342 g/mol. The van der Waals surface area contributed by atoms with Gasteiger partial charge in [-0.3, -0.25) is 4.68 Å². The van der Waals surface area contributed by atoms with Crippen LogP contribution in [-0.2, 0) is 11.8 Å². The summed E-state index contributed by atoms with van der Waals surface area (Å²) in [6.07, 6.45) is 10.7. The lowest BCUT2D eigenvalue weighted by atomic mass is 10.0. The summed E-state index contributed by atoms with van der Waals surface area (Å²) in [7, 11) is 2.00. The fourth-order valence-corrected chi connectivity index (χ4v) is 3.46. The largest absolute Gasteiger partial charge is 0.498 e. The monoisotopic (exact) mass is 367 g/mol. The van der Waals surface area contributed by atoms with Crippen LogP contribution in [0.1, 0.15) is 25.0 Å². The molecule has 1 aliphatic rings. The summed E-state index contributed by atoms with van der Waals surface area (Å²) in [6.45, 7) is 2.36. The first kappa shape index (κ1) is 17.8. The highest BCUT2D eigenvalue weighted by molar-refractivity contribution is 6.03. The fourth-order valence-electron chi connectivity index (χ4n) is 3.46. The maximum Gasteiger partial charge on any atom is 0.162 e. The van der Waals surface area contributed by atoms with Crippen molar-refractivity contribution in [2.75, 3.05) is 26.3 Å². The van der Waals surface area contributed by atoms with Crippen LogP contribution < -0.4 is 5.32 Å². The molecule has 0 atom stereocenters. The van der Waals surface area contributed by atoms with Gasteiger partial charge in [0.2, 0.25) is 0 Å². The Kier molecular flexibility index (Phi) is 5.22. The Labute approximate surface area is 157 Å². The lowest BCUT2D eigenvalue weighted by Gasteiger charge is -2.15. The second-order valence-corrected chi connectivity index (χ2v) is 6.77. The highest BCUT2D eigenvalue weighted by Crippen LogP contribution is 2.31. The first-order valence-electron chi connectivity index (χ1n) is 9.40. The summed E-state index contributed by atoms with van der Waals surface area (Å²) in [5.74, 6) is 1.02. The van der Waals surface area contributed by atoms with Crippen molar-refractivity contribution in [1.82, 2.24) is 25.1 Å². The minimum absolute atomic E-state index is 0.174. The van der Waals surface area contributed by atoms with E-state index in [-0.39, 0.29) is 6.61 Å². The van der Waals surface area contributed by atoms with Crippen LogP contribution in [0.3, 0.4) is 0 Å². The lowest BCUT2D eigenvalue weighted by molar-refractivity contribution is 0.196. The van der Waals surface area contributed by atoms with E-state index in [0.29, 0.717) is 13.2 Å². The van der Waals surface area contributed by atoms with Gasteiger partial charge in [-0.1, -0.05) is 6.08 Å². The first-order chi connectivity index (χ1) is 13.3. The number of pyridine rings is 1. The molecule has 0 radical (unpaired) electrons. The Morgan fingerprint density at radius 2 is 2.22 bits per heavy atom. The smallest absolute Gasteiger partial charge is 0.162 e. The van der Waals surface area contributed by atoms with E-state index in [1.807, 2.05) is 24.1 Å². The molecule has 0 spiro atoms. The zero-order chi connectivity index (χ0) is 18.6. The van der Waals surface area contributed by atoms with Crippen molar-refractivity contribution in [3.05, 3.63) is 42.1 Å². The number of H-pyrrole nitrogens is 1. The Balaban J connectivity index is 1.45. The Morgan fingerprint density at radius 1 is 1.30 bits per heavy atom. The van der Waals surface area contributed by atoms with E-state index in [1.165, 1.54) is 5.57 Å². The maximum atomic E-state index is 8.73. The van der Waals surface area contributed by atoms with Gasteiger partial charge in [0.05, 0.1) is 30.2 Å². The van der Waals surface area contributed by atoms with Crippen LogP contribution in [0.4, 0.5) is 0 Å². The van der Waals surface area contributed by atoms with Crippen molar-refractivity contribution in [3.8, 4) is 0 Å². The van der Waals surface area contributed by atoms with Crippen LogP contribution in [0, 0.1) is 0 Å². The topological polar surface area (TPSA) is 88.0 Å². The molecule has 0 unspecified atom stereocenters. The third-order valence-corrected chi connectivity index (χ3v) is 4.87. The van der Waals surface area contributed by atoms with Gasteiger partial charge in [0.25, 0.3) is 0 Å². The summed E-state index contributed by atoms with van der Waals surface area (Å²) in [5.41, 5.74) is 4.13. The zero-order valence-corrected chi connectivity index (χ0v) is 15.5. The number of ether oxygens (including phenoxy) is 1. The first-order valence-corrected chi connectivity index (χ1v) is 9.40. The minimum Gasteiger partial charge on any atom is -0.498 e. The molecule has 0 saturated heterocycles. The number of hydrogen-bond donors (Lipinski definition) is 3. The van der Waals surface area contributed by atoms with E-state index in [0.717, 1.165) is 59.2 Å². The van der Waals surface area contributed by atoms with Gasteiger partial charge in [0.1, 0.15) is 0 Å². The van der Waals surface area contributed by atoms with Crippen molar-refractivity contribution in [2.45, 2.75) is 19.3 Å². The van der Waals surface area contributed by atoms with Gasteiger partial charge in [-0.25, -0.2) is 9.97 Å². The van der Waals surface area contributed by atoms with Gasteiger partial charge in [0, 0.05) is 43.2 Å². The van der Waals surface area contributed by atoms with Crippen molar-refractivity contribution in [3.63, 3.8) is 0 Å². The van der Waals surface area contributed by atoms with Crippen LogP contribution in [0.5, 0.6) is 0 Å². The van der Waals surface area contributed by atoms with Crippen molar-refractivity contribution < 1.29 is 9.84 Å². The molecule has 7 nitrogen and oxygen atoms in total. The van der Waals surface area contributed by atoms with Crippen LogP contribution in [0.15, 0.2) is 36.4 Å². The number of allylic oxidation sites excluding steroid dienone is 4. The van der Waals surface area contributed by atoms with Gasteiger partial charge in [-0.15, -0.1) is 0 Å². The average Bonchev–Trinajstić information content (AvgIpc) is 3.28. The van der Waals surface area contributed by atoms with Gasteiger partial charge < -0.3 is 20.3 Å². The van der Waals surface area contributed by atoms with Crippen molar-refractivity contribution in [2.24, 2.45) is 7.05 Å². The zero-order valence-electron chi connectivity index (χ0n) is 15.5. The summed E-state index contributed by atoms with van der Waals surface area (Å²) in [5, 5.41) is 17.2. The summed E-state index contributed by atoms with van der Waals surface area (Å²) in [4.78, 5) is 9.22. The number of aryl methyl sites for hydroxylation is 1. The molecule has 0 fully saturated rings. The second-order valence-electron chi connectivity index (χ2n) is 6.77. The molecule has 3 heterocycles. The SMILES string of the molecule is Cn1[nH]cc2cnc3nc(C4=CC=C(OCCCNCCO)CC4)cc3c21. The van der Waals surface area contributed by atoms with Crippen LogP contribution in [-0.4, -0.2) is 51.2 Å². The van der Waals surface area contributed by atoms with Gasteiger partial charge >= 0.3 is 0 Å². The quantitative estimate of drug-likeness (QED) is 0.533. The number of hydrogen-bond acceptors (Lipinski definition) is 5. The molecular formula is C20H25N5O2. The summed E-state index contributed by atoms with van der Waals surface area (Å²) >= 11 is 0. The highest BCUT2D eigenvalue weighted by atomic mass is 16.5. The van der Waals surface area contributed by atoms with E-state index in [4.69, 9.17) is 14.8 Å². The van der Waals surface area contributed by atoms with E-state index < -0.39 is 0 Å². The molecule has 4 rings (SSSR count). The average molecular weight is 367 g/mol. The van der Waals surface area contributed by atoms with Crippen LogP contribution in [0.25, 0.3) is 27.5 Å². The molecule has 0 saturated carbocycles. The van der Waals surface area contributed by atoms with Crippen molar-refractivity contribution in [1.29, 1.82) is 0 Å². The molecule has 3 aromatic heterocycles. The maximum absolute atomic E-state index is 8.73. The normalized spacial score (nSPS) is 14.6. The van der Waals surface area contributed by atoms with E-state index in [1.54, 1.807) is 0 Å². The summed E-state index contributed by atoms with van der Waals surface area (Å²) < 4.78 is 7.84. The fraction of sp³-hybridized carbons (Fsp3) is 0.400. The Bertz CT molecular complexity index is 999. The predicted molar refractivity (Wildman–Crippen MR) is 106 cm³/mol. The summed E-state index contributed by atoms with van der Waals surface area (Å²) in [6, 6.07) is 2.14. The molecule has 142 valence electrons. The molecule has 0 amide bonds. The van der Waals surface area contributed by atoms with Crippen LogP contribution in [0.2, 0.25) is 0 Å². The van der Waals surface area contributed by atoms with Gasteiger partial charge in [-0.05, 0) is 37.1 Å². The molecule has 0 aromatic carbocycles. The number of aromatic nitrogens is 4. The number of aliphatic hydroxyl groups excluding tert-OH is 1. The van der Waals surface area contributed by atoms with Crippen LogP contribution >= 0.6 is 0 Å². The molecule has 7 heteroatoms. The van der Waals surface area contributed by atoms with Crippen molar-refractivity contribution >= 4 is 27.5 Å². The van der Waals surface area contributed by atoms with E-state index in [2.05, 4.69) is 33.6 Å². The number of aliphatic hydroxyl groups is 1. The molecule has 3 aromatic rings. The number of nitrogens with one attached hydrogen (secondary N) is 2. The third-order valence-electron chi connectivity index (χ3n) is 4.87. The molecule has 27 heavy (non-hydrogen) atoms. The number of rotatable bonds is 8. The van der Waals surface area contributed by atoms with Gasteiger partial charge in [0.15, 0.2) is 5.65 Å². The third kappa shape index (κ3) is 3.74. The Morgan fingerprint density at radius 3 is 3.04 bits per heavy atom. The van der Waals surface area contributed by atoms with E-state index >= 15 is 0 Å². The Hall–Kier alpha value is -2.64. The number of nitrogens with zero attached hydrogens (tertiary/aromatic N) is 3. The minimum atomic E-state index is 0.174. The molecule has 0 aliphatic heterocycles. The number of fused-ring (bicyclic) bond motifs is 3. The lowest BCUT2D eigenvalue weighted by Crippen LogP contribution is -2.20.